The van der Waals surface area contributed by atoms with E-state index in [0.29, 0.717) is 25.4 Å². The zero-order chi connectivity index (χ0) is 24.8. The van der Waals surface area contributed by atoms with Crippen molar-refractivity contribution in [3.8, 4) is 5.88 Å². The Hall–Kier alpha value is -3.20. The maximum atomic E-state index is 13.1. The van der Waals surface area contributed by atoms with Gasteiger partial charge < -0.3 is 25.4 Å². The number of nitrogens with one attached hydrogen (secondary N) is 2. The smallest absolute Gasteiger partial charge is 0.303 e. The van der Waals surface area contributed by atoms with Gasteiger partial charge in [-0.1, -0.05) is 12.1 Å². The third-order valence-corrected chi connectivity index (χ3v) is 6.98. The molecule has 188 valence electrons. The van der Waals surface area contributed by atoms with E-state index in [1.807, 2.05) is 17.0 Å². The number of carboxylic acids is 1. The highest BCUT2D eigenvalue weighted by molar-refractivity contribution is 5.84. The van der Waals surface area contributed by atoms with Gasteiger partial charge in [-0.25, -0.2) is 9.97 Å². The average Bonchev–Trinajstić information content (AvgIpc) is 3.14. The van der Waals surface area contributed by atoms with E-state index in [4.69, 9.17) is 9.72 Å². The molecule has 0 aliphatic carbocycles. The standard InChI is InChI=1S/C26H35N5O4/c1-17-13-22(28-16-21-9-7-18-5-3-11-27-25(18)30-21)26(34)31(17)12-4-6-19(14-24(32)33)20-8-10-23(35-2)29-15-20/h7-10,15,17,19,22,28H,3-6,11-14,16H2,1-2H3,(H,27,30)(H,32,33). The van der Waals surface area contributed by atoms with Gasteiger partial charge in [0.25, 0.3) is 0 Å². The number of likely N-dealkylation sites (tertiary alicyclic amines) is 1. The van der Waals surface area contributed by atoms with Crippen molar-refractivity contribution in [1.29, 1.82) is 0 Å². The minimum Gasteiger partial charge on any atom is -0.481 e. The largest absolute Gasteiger partial charge is 0.481 e. The number of aromatic nitrogens is 2. The highest BCUT2D eigenvalue weighted by Crippen LogP contribution is 2.27. The zero-order valence-electron chi connectivity index (χ0n) is 20.5. The Bertz CT molecular complexity index is 1030. The number of hydrogen-bond acceptors (Lipinski definition) is 7. The summed E-state index contributed by atoms with van der Waals surface area (Å²) in [5.74, 6) is 0.573. The van der Waals surface area contributed by atoms with Crippen LogP contribution < -0.4 is 15.4 Å². The number of carboxylic acid groups (broad SMARTS) is 1. The summed E-state index contributed by atoms with van der Waals surface area (Å²) in [7, 11) is 1.55. The number of aliphatic carboxylic acids is 1. The van der Waals surface area contributed by atoms with Crippen LogP contribution in [-0.4, -0.2) is 64.1 Å². The molecule has 4 rings (SSSR count). The fourth-order valence-electron chi connectivity index (χ4n) is 5.04. The van der Waals surface area contributed by atoms with Crippen LogP contribution in [0.2, 0.25) is 0 Å². The van der Waals surface area contributed by atoms with E-state index in [-0.39, 0.29) is 30.3 Å². The maximum absolute atomic E-state index is 13.1. The number of fused-ring (bicyclic) bond motifs is 1. The van der Waals surface area contributed by atoms with Crippen LogP contribution >= 0.6 is 0 Å². The number of amides is 1. The van der Waals surface area contributed by atoms with Gasteiger partial charge in [0.05, 0.1) is 25.3 Å². The van der Waals surface area contributed by atoms with E-state index in [2.05, 4.69) is 28.6 Å². The molecule has 1 saturated heterocycles. The second-order valence-electron chi connectivity index (χ2n) is 9.46. The maximum Gasteiger partial charge on any atom is 0.303 e. The van der Waals surface area contributed by atoms with Crippen LogP contribution in [0.15, 0.2) is 30.5 Å². The normalized spacial score (nSPS) is 20.3. The molecule has 2 aliphatic heterocycles. The molecular formula is C26H35N5O4. The van der Waals surface area contributed by atoms with Gasteiger partial charge in [-0.3, -0.25) is 9.59 Å². The Kier molecular flexibility index (Phi) is 8.17. The van der Waals surface area contributed by atoms with Gasteiger partial charge in [0.1, 0.15) is 5.82 Å². The van der Waals surface area contributed by atoms with Crippen molar-refractivity contribution in [1.82, 2.24) is 20.2 Å². The van der Waals surface area contributed by atoms with Gasteiger partial charge in [-0.05, 0) is 62.1 Å². The lowest BCUT2D eigenvalue weighted by atomic mass is 9.92. The van der Waals surface area contributed by atoms with Crippen molar-refractivity contribution < 1.29 is 19.4 Å². The summed E-state index contributed by atoms with van der Waals surface area (Å²) < 4.78 is 5.10. The lowest BCUT2D eigenvalue weighted by Gasteiger charge is -2.23. The third-order valence-electron chi connectivity index (χ3n) is 6.98. The summed E-state index contributed by atoms with van der Waals surface area (Å²) in [6, 6.07) is 7.70. The Morgan fingerprint density at radius 3 is 2.94 bits per heavy atom. The summed E-state index contributed by atoms with van der Waals surface area (Å²) in [4.78, 5) is 35.3. The fourth-order valence-corrected chi connectivity index (χ4v) is 5.04. The summed E-state index contributed by atoms with van der Waals surface area (Å²) in [6.45, 7) is 4.19. The number of aryl methyl sites for hydroxylation is 1. The van der Waals surface area contributed by atoms with Crippen LogP contribution in [0.4, 0.5) is 5.82 Å². The van der Waals surface area contributed by atoms with Gasteiger partial charge in [-0.15, -0.1) is 0 Å². The van der Waals surface area contributed by atoms with Crippen molar-refractivity contribution in [2.24, 2.45) is 0 Å². The molecule has 3 unspecified atom stereocenters. The number of methoxy groups -OCH3 is 1. The fraction of sp³-hybridized carbons (Fsp3) is 0.538. The molecule has 3 atom stereocenters. The number of nitrogens with zero attached hydrogens (tertiary/aromatic N) is 3. The van der Waals surface area contributed by atoms with Gasteiger partial charge in [0.2, 0.25) is 11.8 Å². The van der Waals surface area contributed by atoms with Crippen LogP contribution in [0.25, 0.3) is 0 Å². The monoisotopic (exact) mass is 481 g/mol. The van der Waals surface area contributed by atoms with E-state index in [1.165, 1.54) is 5.56 Å². The van der Waals surface area contributed by atoms with Crippen LogP contribution in [0.5, 0.6) is 5.88 Å². The molecule has 2 aliphatic rings. The van der Waals surface area contributed by atoms with Crippen molar-refractivity contribution in [3.05, 3.63) is 47.3 Å². The van der Waals surface area contributed by atoms with Crippen molar-refractivity contribution in [3.63, 3.8) is 0 Å². The van der Waals surface area contributed by atoms with E-state index in [0.717, 1.165) is 49.3 Å². The Labute approximate surface area is 206 Å². The van der Waals surface area contributed by atoms with E-state index < -0.39 is 5.97 Å². The van der Waals surface area contributed by atoms with Gasteiger partial charge in [0, 0.05) is 37.9 Å². The molecule has 0 aromatic carbocycles. The molecule has 2 aromatic heterocycles. The molecule has 0 spiro atoms. The number of hydrogen-bond donors (Lipinski definition) is 3. The highest BCUT2D eigenvalue weighted by Gasteiger charge is 2.36. The lowest BCUT2D eigenvalue weighted by molar-refractivity contribution is -0.137. The van der Waals surface area contributed by atoms with Gasteiger partial charge in [0.15, 0.2) is 0 Å². The molecule has 2 aromatic rings. The minimum absolute atomic E-state index is 0.0321. The lowest BCUT2D eigenvalue weighted by Crippen LogP contribution is -2.39. The predicted octanol–water partition coefficient (Wildman–Crippen LogP) is 2.96. The number of anilines is 1. The molecule has 4 heterocycles. The molecule has 0 saturated carbocycles. The molecule has 9 heteroatoms. The van der Waals surface area contributed by atoms with Crippen LogP contribution in [0, 0.1) is 0 Å². The van der Waals surface area contributed by atoms with Gasteiger partial charge in [-0.2, -0.15) is 0 Å². The van der Waals surface area contributed by atoms with Gasteiger partial charge >= 0.3 is 5.97 Å². The Morgan fingerprint density at radius 2 is 2.20 bits per heavy atom. The summed E-state index contributed by atoms with van der Waals surface area (Å²) >= 11 is 0. The second kappa shape index (κ2) is 11.5. The molecule has 0 bridgehead atoms. The molecule has 35 heavy (non-hydrogen) atoms. The number of ether oxygens (including phenoxy) is 1. The SMILES string of the molecule is COc1ccc(C(CCCN2C(=O)C(NCc3ccc4c(n3)NCCC4)CC2C)CC(=O)O)cn1. The second-order valence-corrected chi connectivity index (χ2v) is 9.46. The zero-order valence-corrected chi connectivity index (χ0v) is 20.5. The highest BCUT2D eigenvalue weighted by atomic mass is 16.5. The first-order valence-electron chi connectivity index (χ1n) is 12.4. The quantitative estimate of drug-likeness (QED) is 0.449. The number of carbonyl (C=O) groups is 2. The number of rotatable bonds is 11. The molecule has 1 amide bonds. The molecule has 0 radical (unpaired) electrons. The van der Waals surface area contributed by atoms with E-state index in [1.54, 1.807) is 19.4 Å². The third kappa shape index (κ3) is 6.28. The molecule has 3 N–H and O–H groups in total. The van der Waals surface area contributed by atoms with Crippen LogP contribution in [0.3, 0.4) is 0 Å². The molecular weight excluding hydrogens is 446 g/mol. The van der Waals surface area contributed by atoms with Crippen molar-refractivity contribution in [2.75, 3.05) is 25.5 Å². The van der Waals surface area contributed by atoms with Crippen molar-refractivity contribution in [2.45, 2.75) is 70.0 Å². The summed E-state index contributed by atoms with van der Waals surface area (Å²) in [5, 5.41) is 16.1. The van der Waals surface area contributed by atoms with E-state index in [9.17, 15) is 14.7 Å². The van der Waals surface area contributed by atoms with Crippen molar-refractivity contribution >= 4 is 17.7 Å². The topological polar surface area (TPSA) is 117 Å². The number of pyridine rings is 2. The van der Waals surface area contributed by atoms with Crippen LogP contribution in [-0.2, 0) is 22.6 Å². The first-order chi connectivity index (χ1) is 16.9. The molecule has 9 nitrogen and oxygen atoms in total. The summed E-state index contributed by atoms with van der Waals surface area (Å²) in [5.41, 5.74) is 3.06. The number of carbonyl (C=O) groups excluding carboxylic acids is 1. The van der Waals surface area contributed by atoms with Crippen LogP contribution in [0.1, 0.15) is 61.8 Å². The summed E-state index contributed by atoms with van der Waals surface area (Å²) in [6.07, 6.45) is 6.04. The average molecular weight is 482 g/mol. The Morgan fingerprint density at radius 1 is 1.34 bits per heavy atom. The predicted molar refractivity (Wildman–Crippen MR) is 132 cm³/mol. The Balaban J connectivity index is 1.29. The first kappa shape index (κ1) is 24.9. The first-order valence-corrected chi connectivity index (χ1v) is 12.4. The van der Waals surface area contributed by atoms with E-state index >= 15 is 0 Å². The minimum atomic E-state index is -0.841. The molecule has 1 fully saturated rings.